The maximum atomic E-state index is 13.9. The Hall–Kier alpha value is -1.42. The Morgan fingerprint density at radius 2 is 1.95 bits per heavy atom. The highest BCUT2D eigenvalue weighted by molar-refractivity contribution is 6.30. The smallest absolute Gasteiger partial charge is 0.128 e. The van der Waals surface area contributed by atoms with Crippen LogP contribution in [0.25, 0.3) is 0 Å². The number of benzene rings is 2. The van der Waals surface area contributed by atoms with E-state index in [1.807, 2.05) is 13.8 Å². The summed E-state index contributed by atoms with van der Waals surface area (Å²) in [6.07, 6.45) is 0.612. The Bertz CT molecular complexity index is 613. The molecular formula is C16H18ClFN2. The van der Waals surface area contributed by atoms with Crippen molar-refractivity contribution in [3.05, 3.63) is 69.5 Å². The van der Waals surface area contributed by atoms with E-state index in [1.165, 1.54) is 23.3 Å². The molecule has 4 heteroatoms. The Labute approximate surface area is 123 Å². The number of nitrogens with one attached hydrogen (secondary N) is 1. The minimum Gasteiger partial charge on any atom is -0.271 e. The first kappa shape index (κ1) is 15.0. The highest BCUT2D eigenvalue weighted by Crippen LogP contribution is 2.25. The topological polar surface area (TPSA) is 38.0 Å². The molecule has 0 heterocycles. The Morgan fingerprint density at radius 3 is 2.65 bits per heavy atom. The summed E-state index contributed by atoms with van der Waals surface area (Å²) >= 11 is 5.94. The number of hydrogen-bond acceptors (Lipinski definition) is 2. The summed E-state index contributed by atoms with van der Waals surface area (Å²) in [5.74, 6) is 5.30. The number of hydrogen-bond donors (Lipinski definition) is 2. The zero-order chi connectivity index (χ0) is 14.7. The predicted molar refractivity (Wildman–Crippen MR) is 81.1 cm³/mol. The second-order valence-electron chi connectivity index (χ2n) is 5.02. The first-order valence-corrected chi connectivity index (χ1v) is 6.86. The van der Waals surface area contributed by atoms with Gasteiger partial charge in [0.25, 0.3) is 0 Å². The lowest BCUT2D eigenvalue weighted by molar-refractivity contribution is 0.510. The summed E-state index contributed by atoms with van der Waals surface area (Å²) in [5, 5.41) is 0.502. The molecule has 2 aromatic rings. The van der Waals surface area contributed by atoms with Crippen LogP contribution < -0.4 is 11.3 Å². The van der Waals surface area contributed by atoms with E-state index in [0.29, 0.717) is 17.0 Å². The summed E-state index contributed by atoms with van der Waals surface area (Å²) in [6, 6.07) is 10.4. The van der Waals surface area contributed by atoms with E-state index in [4.69, 9.17) is 17.4 Å². The zero-order valence-electron chi connectivity index (χ0n) is 11.6. The normalized spacial score (nSPS) is 12.4. The van der Waals surface area contributed by atoms with Gasteiger partial charge in [-0.15, -0.1) is 0 Å². The van der Waals surface area contributed by atoms with Crippen LogP contribution in [0.5, 0.6) is 0 Å². The van der Waals surface area contributed by atoms with Gasteiger partial charge in [-0.2, -0.15) is 0 Å². The van der Waals surface area contributed by atoms with E-state index in [0.717, 1.165) is 5.56 Å². The van der Waals surface area contributed by atoms with Crippen molar-refractivity contribution >= 4 is 11.6 Å². The number of halogens is 2. The van der Waals surface area contributed by atoms with Crippen molar-refractivity contribution in [2.75, 3.05) is 0 Å². The fourth-order valence-corrected chi connectivity index (χ4v) is 2.46. The van der Waals surface area contributed by atoms with Crippen molar-refractivity contribution in [3.8, 4) is 0 Å². The van der Waals surface area contributed by atoms with Crippen LogP contribution in [-0.2, 0) is 6.42 Å². The van der Waals surface area contributed by atoms with E-state index in [1.54, 1.807) is 6.07 Å². The molecule has 0 aliphatic heterocycles. The van der Waals surface area contributed by atoms with Gasteiger partial charge < -0.3 is 0 Å². The van der Waals surface area contributed by atoms with Gasteiger partial charge in [0.2, 0.25) is 0 Å². The zero-order valence-corrected chi connectivity index (χ0v) is 12.3. The van der Waals surface area contributed by atoms with Gasteiger partial charge in [0.15, 0.2) is 0 Å². The SMILES string of the molecule is Cc1ccc(C)c(CC(NN)c2cc(Cl)ccc2F)c1. The van der Waals surface area contributed by atoms with E-state index < -0.39 is 0 Å². The Balaban J connectivity index is 2.33. The van der Waals surface area contributed by atoms with Crippen molar-refractivity contribution in [1.29, 1.82) is 0 Å². The molecule has 0 radical (unpaired) electrons. The minimum atomic E-state index is -0.311. The quantitative estimate of drug-likeness (QED) is 0.664. The Morgan fingerprint density at radius 1 is 1.20 bits per heavy atom. The standard InChI is InChI=1S/C16H18ClFN2/c1-10-3-4-11(2)12(7-10)8-16(20-19)14-9-13(17)5-6-15(14)18/h3-7,9,16,20H,8,19H2,1-2H3. The average molecular weight is 293 g/mol. The summed E-state index contributed by atoms with van der Waals surface area (Å²) in [5.41, 5.74) is 6.65. The molecule has 1 unspecified atom stereocenters. The van der Waals surface area contributed by atoms with Crippen LogP contribution in [-0.4, -0.2) is 0 Å². The van der Waals surface area contributed by atoms with E-state index in [9.17, 15) is 4.39 Å². The van der Waals surface area contributed by atoms with Gasteiger partial charge in [-0.1, -0.05) is 35.4 Å². The molecule has 0 amide bonds. The van der Waals surface area contributed by atoms with Gasteiger partial charge >= 0.3 is 0 Å². The molecule has 106 valence electrons. The molecule has 0 saturated heterocycles. The molecule has 1 atom stereocenters. The molecule has 2 aromatic carbocycles. The third-order valence-corrected chi connectivity index (χ3v) is 3.70. The van der Waals surface area contributed by atoms with Crippen molar-refractivity contribution in [3.63, 3.8) is 0 Å². The number of rotatable bonds is 4. The van der Waals surface area contributed by atoms with Crippen LogP contribution in [0.4, 0.5) is 4.39 Å². The largest absolute Gasteiger partial charge is 0.271 e. The highest BCUT2D eigenvalue weighted by atomic mass is 35.5. The maximum Gasteiger partial charge on any atom is 0.128 e. The monoisotopic (exact) mass is 292 g/mol. The van der Waals surface area contributed by atoms with Crippen LogP contribution in [0.3, 0.4) is 0 Å². The number of hydrazine groups is 1. The molecular weight excluding hydrogens is 275 g/mol. The molecule has 0 aliphatic rings. The van der Waals surface area contributed by atoms with Gasteiger partial charge in [-0.05, 0) is 49.6 Å². The van der Waals surface area contributed by atoms with E-state index >= 15 is 0 Å². The molecule has 0 spiro atoms. The molecule has 3 N–H and O–H groups in total. The minimum absolute atomic E-state index is 0.303. The molecule has 2 rings (SSSR count). The Kier molecular flexibility index (Phi) is 4.76. The average Bonchev–Trinajstić information content (AvgIpc) is 2.42. The van der Waals surface area contributed by atoms with Crippen LogP contribution in [0, 0.1) is 19.7 Å². The van der Waals surface area contributed by atoms with Gasteiger partial charge in [-0.25, -0.2) is 4.39 Å². The second-order valence-corrected chi connectivity index (χ2v) is 5.46. The fraction of sp³-hybridized carbons (Fsp3) is 0.250. The van der Waals surface area contributed by atoms with E-state index in [2.05, 4.69) is 23.6 Å². The van der Waals surface area contributed by atoms with Crippen molar-refractivity contribution in [2.24, 2.45) is 5.84 Å². The summed E-state index contributed by atoms with van der Waals surface area (Å²) in [7, 11) is 0. The van der Waals surface area contributed by atoms with Crippen molar-refractivity contribution in [1.82, 2.24) is 5.43 Å². The maximum absolute atomic E-state index is 13.9. The molecule has 0 saturated carbocycles. The second kappa shape index (κ2) is 6.35. The number of nitrogens with two attached hydrogens (primary N) is 1. The lowest BCUT2D eigenvalue weighted by Crippen LogP contribution is -2.30. The van der Waals surface area contributed by atoms with Crippen LogP contribution in [0.15, 0.2) is 36.4 Å². The van der Waals surface area contributed by atoms with Crippen LogP contribution in [0.2, 0.25) is 5.02 Å². The molecule has 20 heavy (non-hydrogen) atoms. The van der Waals surface area contributed by atoms with Gasteiger partial charge in [-0.3, -0.25) is 11.3 Å². The van der Waals surface area contributed by atoms with E-state index in [-0.39, 0.29) is 11.9 Å². The molecule has 0 aromatic heterocycles. The summed E-state index contributed by atoms with van der Waals surface area (Å²) in [6.45, 7) is 4.07. The van der Waals surface area contributed by atoms with Crippen molar-refractivity contribution < 1.29 is 4.39 Å². The van der Waals surface area contributed by atoms with Crippen LogP contribution >= 0.6 is 11.6 Å². The third kappa shape index (κ3) is 3.37. The number of aryl methyl sites for hydroxylation is 2. The van der Waals surface area contributed by atoms with Gasteiger partial charge in [0, 0.05) is 10.6 Å². The van der Waals surface area contributed by atoms with Crippen molar-refractivity contribution in [2.45, 2.75) is 26.3 Å². The molecule has 0 bridgehead atoms. The van der Waals surface area contributed by atoms with Crippen LogP contribution in [0.1, 0.15) is 28.3 Å². The first-order chi connectivity index (χ1) is 9.51. The molecule has 0 fully saturated rings. The lowest BCUT2D eigenvalue weighted by Gasteiger charge is -2.19. The molecule has 2 nitrogen and oxygen atoms in total. The summed E-state index contributed by atoms with van der Waals surface area (Å²) < 4.78 is 13.9. The fourth-order valence-electron chi connectivity index (χ4n) is 2.28. The summed E-state index contributed by atoms with van der Waals surface area (Å²) in [4.78, 5) is 0. The lowest BCUT2D eigenvalue weighted by atomic mass is 9.95. The predicted octanol–water partition coefficient (Wildman–Crippen LogP) is 3.84. The third-order valence-electron chi connectivity index (χ3n) is 3.46. The van der Waals surface area contributed by atoms with Gasteiger partial charge in [0.05, 0.1) is 6.04 Å². The first-order valence-electron chi connectivity index (χ1n) is 6.48. The molecule has 0 aliphatic carbocycles. The van der Waals surface area contributed by atoms with Gasteiger partial charge in [0.1, 0.15) is 5.82 Å². The highest BCUT2D eigenvalue weighted by Gasteiger charge is 2.16.